The largest absolute Gasteiger partial charge is 0.494 e. The number of hydrogen-bond acceptors (Lipinski definition) is 11. The number of methoxy groups -OCH3 is 2. The summed E-state index contributed by atoms with van der Waals surface area (Å²) in [6.07, 6.45) is 1.75. The number of nitrogens with zero attached hydrogens (tertiary/aromatic N) is 6. The summed E-state index contributed by atoms with van der Waals surface area (Å²) in [5.74, 6) is 2.22. The summed E-state index contributed by atoms with van der Waals surface area (Å²) in [5, 5.41) is 15.8. The van der Waals surface area contributed by atoms with Crippen LogP contribution in [-0.4, -0.2) is 110 Å². The first-order valence-electron chi connectivity index (χ1n) is 14.7. The van der Waals surface area contributed by atoms with E-state index in [1.807, 2.05) is 48.2 Å². The number of aliphatic hydroxyl groups excluding tert-OH is 1. The number of benzene rings is 2. The maximum absolute atomic E-state index is 11.8. The van der Waals surface area contributed by atoms with Crippen LogP contribution in [-0.2, 0) is 9.59 Å². The van der Waals surface area contributed by atoms with Crippen molar-refractivity contribution in [2.24, 2.45) is 0 Å². The molecule has 0 atom stereocenters. The second-order valence-electron chi connectivity index (χ2n) is 10.8. The van der Waals surface area contributed by atoms with Gasteiger partial charge in [-0.2, -0.15) is 4.98 Å². The Labute approximate surface area is 257 Å². The zero-order chi connectivity index (χ0) is 31.2. The van der Waals surface area contributed by atoms with Crippen molar-refractivity contribution < 1.29 is 24.2 Å². The molecule has 13 nitrogen and oxygen atoms in total. The summed E-state index contributed by atoms with van der Waals surface area (Å²) >= 11 is 0. The van der Waals surface area contributed by atoms with Crippen LogP contribution in [0.4, 0.5) is 34.5 Å². The predicted octanol–water partition coefficient (Wildman–Crippen LogP) is 2.60. The fourth-order valence-corrected chi connectivity index (χ4v) is 5.43. The Morgan fingerprint density at radius 2 is 1.34 bits per heavy atom. The number of nitrogens with one attached hydrogen (secondary N) is 2. The number of aliphatic hydroxyl groups is 1. The Kier molecular flexibility index (Phi) is 9.53. The van der Waals surface area contributed by atoms with Crippen LogP contribution in [0.5, 0.6) is 11.5 Å². The highest BCUT2D eigenvalue weighted by molar-refractivity contribution is 5.78. The number of ether oxygens (including phenoxy) is 2. The van der Waals surface area contributed by atoms with Crippen LogP contribution >= 0.6 is 0 Å². The molecular weight excluding hydrogens is 564 g/mol. The van der Waals surface area contributed by atoms with E-state index < -0.39 is 6.61 Å². The van der Waals surface area contributed by atoms with E-state index in [1.165, 1.54) is 0 Å². The van der Waals surface area contributed by atoms with Crippen LogP contribution in [0.3, 0.4) is 0 Å². The Balaban J connectivity index is 1.27. The summed E-state index contributed by atoms with van der Waals surface area (Å²) in [7, 11) is 3.26. The number of carbonyl (C=O) groups excluding carboxylic acids is 2. The number of rotatable bonds is 9. The van der Waals surface area contributed by atoms with Gasteiger partial charge in [-0.3, -0.25) is 9.59 Å². The van der Waals surface area contributed by atoms with E-state index in [0.29, 0.717) is 68.2 Å². The van der Waals surface area contributed by atoms with Gasteiger partial charge in [-0.05, 0) is 31.2 Å². The summed E-state index contributed by atoms with van der Waals surface area (Å²) in [4.78, 5) is 40.7. The van der Waals surface area contributed by atoms with Gasteiger partial charge < -0.3 is 44.8 Å². The van der Waals surface area contributed by atoms with E-state index in [1.54, 1.807) is 32.2 Å². The summed E-state index contributed by atoms with van der Waals surface area (Å²) in [6, 6.07) is 11.9. The molecule has 3 aromatic rings. The highest BCUT2D eigenvalue weighted by Crippen LogP contribution is 2.35. The molecule has 0 aliphatic carbocycles. The summed E-state index contributed by atoms with van der Waals surface area (Å²) in [5.41, 5.74) is 4.37. The third-order valence-corrected chi connectivity index (χ3v) is 8.06. The number of piperazine rings is 2. The van der Waals surface area contributed by atoms with Gasteiger partial charge >= 0.3 is 0 Å². The molecule has 2 aliphatic heterocycles. The van der Waals surface area contributed by atoms with Crippen LogP contribution < -0.4 is 29.9 Å². The van der Waals surface area contributed by atoms with Gasteiger partial charge in [0.15, 0.2) is 0 Å². The Hall–Kier alpha value is -4.78. The van der Waals surface area contributed by atoms with Crippen molar-refractivity contribution >= 4 is 46.3 Å². The van der Waals surface area contributed by atoms with Crippen LogP contribution in [0, 0.1) is 6.92 Å². The molecule has 0 radical (unpaired) electrons. The van der Waals surface area contributed by atoms with Crippen molar-refractivity contribution in [2.75, 3.05) is 93.6 Å². The van der Waals surface area contributed by atoms with Crippen LogP contribution in [0.1, 0.15) is 12.5 Å². The zero-order valence-electron chi connectivity index (χ0n) is 25.7. The lowest BCUT2D eigenvalue weighted by Gasteiger charge is -2.36. The Morgan fingerprint density at radius 1 is 0.818 bits per heavy atom. The van der Waals surface area contributed by atoms with Gasteiger partial charge in [-0.15, -0.1) is 0 Å². The minimum Gasteiger partial charge on any atom is -0.494 e. The van der Waals surface area contributed by atoms with Gasteiger partial charge in [0.05, 0.1) is 25.6 Å². The van der Waals surface area contributed by atoms with Crippen molar-refractivity contribution in [1.82, 2.24) is 19.8 Å². The Bertz CT molecular complexity index is 1490. The van der Waals surface area contributed by atoms with Gasteiger partial charge in [0.1, 0.15) is 23.9 Å². The standard InChI is InChI=1S/C31H40N8O5/c1-21-19-32-31(34-26-8-6-24(18-28(26)44-4)38-13-15-39(16-14-38)29(42)20-40)35-30(21)33-25-7-5-23(17-27(25)43-3)37-11-9-36(10-12-37)22(2)41/h5-8,17-19,40H,9-16,20H2,1-4H3,(H2,32,33,34,35). The minimum absolute atomic E-state index is 0.107. The van der Waals surface area contributed by atoms with Gasteiger partial charge in [-0.1, -0.05) is 0 Å². The first kappa shape index (κ1) is 30.7. The van der Waals surface area contributed by atoms with Gasteiger partial charge in [-0.25, -0.2) is 4.98 Å². The molecule has 2 amide bonds. The summed E-state index contributed by atoms with van der Waals surface area (Å²) in [6.45, 7) is 8.46. The highest BCUT2D eigenvalue weighted by Gasteiger charge is 2.22. The van der Waals surface area contributed by atoms with Crippen molar-refractivity contribution in [3.05, 3.63) is 48.2 Å². The van der Waals surface area contributed by atoms with Crippen molar-refractivity contribution in [1.29, 1.82) is 0 Å². The molecule has 2 fully saturated rings. The average molecular weight is 605 g/mol. The number of carbonyl (C=O) groups is 2. The van der Waals surface area contributed by atoms with Gasteiger partial charge in [0.2, 0.25) is 17.8 Å². The number of hydrogen-bond donors (Lipinski definition) is 3. The lowest BCUT2D eigenvalue weighted by atomic mass is 10.2. The van der Waals surface area contributed by atoms with Crippen molar-refractivity contribution in [3.63, 3.8) is 0 Å². The molecule has 13 heteroatoms. The zero-order valence-corrected chi connectivity index (χ0v) is 25.7. The highest BCUT2D eigenvalue weighted by atomic mass is 16.5. The molecular formula is C31H40N8O5. The number of aromatic nitrogens is 2. The van der Waals surface area contributed by atoms with Crippen LogP contribution in [0.15, 0.2) is 42.6 Å². The second-order valence-corrected chi connectivity index (χ2v) is 10.8. The van der Waals surface area contributed by atoms with E-state index in [9.17, 15) is 9.59 Å². The predicted molar refractivity (Wildman–Crippen MR) is 170 cm³/mol. The minimum atomic E-state index is -0.464. The summed E-state index contributed by atoms with van der Waals surface area (Å²) < 4.78 is 11.4. The van der Waals surface area contributed by atoms with Crippen molar-refractivity contribution in [2.45, 2.75) is 13.8 Å². The molecule has 2 aromatic carbocycles. The smallest absolute Gasteiger partial charge is 0.248 e. The van der Waals surface area contributed by atoms with Crippen LogP contribution in [0.2, 0.25) is 0 Å². The van der Waals surface area contributed by atoms with Gasteiger partial charge in [0, 0.05) is 94.5 Å². The lowest BCUT2D eigenvalue weighted by Crippen LogP contribution is -2.49. The van der Waals surface area contributed by atoms with E-state index in [4.69, 9.17) is 19.6 Å². The van der Waals surface area contributed by atoms with E-state index in [-0.39, 0.29) is 11.8 Å². The van der Waals surface area contributed by atoms with E-state index in [2.05, 4.69) is 25.4 Å². The number of anilines is 6. The SMILES string of the molecule is COc1cc(N2CCN(C(=O)CO)CC2)ccc1Nc1ncc(C)c(Nc2ccc(N3CCN(C(C)=O)CC3)cc2OC)n1. The van der Waals surface area contributed by atoms with E-state index >= 15 is 0 Å². The molecule has 44 heavy (non-hydrogen) atoms. The molecule has 1 aromatic heterocycles. The second kappa shape index (κ2) is 13.7. The molecule has 0 spiro atoms. The molecule has 0 bridgehead atoms. The molecule has 2 saturated heterocycles. The topological polar surface area (TPSA) is 136 Å². The molecule has 5 rings (SSSR count). The molecule has 0 unspecified atom stereocenters. The normalized spacial score (nSPS) is 15.2. The number of amides is 2. The van der Waals surface area contributed by atoms with Crippen molar-refractivity contribution in [3.8, 4) is 11.5 Å². The van der Waals surface area contributed by atoms with Gasteiger partial charge in [0.25, 0.3) is 0 Å². The lowest BCUT2D eigenvalue weighted by molar-refractivity contribution is -0.134. The first-order valence-corrected chi connectivity index (χ1v) is 14.7. The third-order valence-electron chi connectivity index (χ3n) is 8.06. The Morgan fingerprint density at radius 3 is 1.84 bits per heavy atom. The quantitative estimate of drug-likeness (QED) is 0.333. The first-order chi connectivity index (χ1) is 21.3. The maximum Gasteiger partial charge on any atom is 0.248 e. The maximum atomic E-state index is 11.8. The molecule has 2 aliphatic rings. The number of aryl methyl sites for hydroxylation is 1. The fraction of sp³-hybridized carbons (Fsp3) is 0.419. The molecule has 3 N–H and O–H groups in total. The molecule has 0 saturated carbocycles. The fourth-order valence-electron chi connectivity index (χ4n) is 5.43. The monoisotopic (exact) mass is 604 g/mol. The van der Waals surface area contributed by atoms with Crippen LogP contribution in [0.25, 0.3) is 0 Å². The third kappa shape index (κ3) is 6.88. The van der Waals surface area contributed by atoms with E-state index in [0.717, 1.165) is 35.7 Å². The molecule has 234 valence electrons. The average Bonchev–Trinajstić information content (AvgIpc) is 3.06. The molecule has 3 heterocycles.